The third-order valence-corrected chi connectivity index (χ3v) is 2.51. The maximum absolute atomic E-state index is 12.3. The predicted octanol–water partition coefficient (Wildman–Crippen LogP) is 3.81. The van der Waals surface area contributed by atoms with Crippen LogP contribution in [0.5, 0.6) is 0 Å². The van der Waals surface area contributed by atoms with Crippen molar-refractivity contribution < 1.29 is 13.6 Å². The number of pyridine rings is 1. The zero-order valence-electron chi connectivity index (χ0n) is 6.40. The van der Waals surface area contributed by atoms with E-state index in [2.05, 4.69) is 20.9 Å². The molecule has 0 saturated carbocycles. The number of aromatic nitrogens is 1. The average Bonchev–Trinajstić information content (AvgIpc) is 2.02. The summed E-state index contributed by atoms with van der Waals surface area (Å²) in [5.41, 5.74) is -0.648. The Bertz CT molecular complexity index is 386. The molecule has 0 spiro atoms. The molecule has 0 radical (unpaired) electrons. The first-order valence-electron chi connectivity index (χ1n) is 3.27. The molecular weight excluding hydrogens is 303 g/mol. The Morgan fingerprint density at radius 1 is 1.57 bits per heavy atom. The molecule has 0 saturated heterocycles. The fourth-order valence-electron chi connectivity index (χ4n) is 0.776. The van der Waals surface area contributed by atoms with E-state index in [1.807, 2.05) is 0 Å². The van der Waals surface area contributed by atoms with Gasteiger partial charge in [-0.05, 0) is 33.6 Å². The molecule has 0 amide bonds. The molecule has 1 rings (SSSR count). The van der Waals surface area contributed by atoms with Gasteiger partial charge in [0.1, 0.15) is 9.76 Å². The molecule has 7 heteroatoms. The summed E-state index contributed by atoms with van der Waals surface area (Å²) in [5, 5.41) is -1.23. The molecule has 0 fully saturated rings. The maximum Gasteiger partial charge on any atom is 0.266 e. The van der Waals surface area contributed by atoms with Crippen molar-refractivity contribution in [1.82, 2.24) is 4.98 Å². The molecule has 1 heterocycles. The molecule has 76 valence electrons. The van der Waals surface area contributed by atoms with Gasteiger partial charge in [0, 0.05) is 0 Å². The molecule has 0 atom stereocenters. The van der Waals surface area contributed by atoms with Crippen molar-refractivity contribution in [2.24, 2.45) is 0 Å². The van der Waals surface area contributed by atoms with Crippen molar-refractivity contribution in [2.45, 2.75) is 6.43 Å². The van der Waals surface area contributed by atoms with Gasteiger partial charge in [0.2, 0.25) is 0 Å². The highest BCUT2D eigenvalue weighted by molar-refractivity contribution is 9.10. The lowest BCUT2D eigenvalue weighted by Crippen LogP contribution is -1.98. The van der Waals surface area contributed by atoms with Crippen molar-refractivity contribution >= 4 is 44.4 Å². The van der Waals surface area contributed by atoms with Gasteiger partial charge in [-0.2, -0.15) is 0 Å². The molecule has 1 aromatic rings. The van der Waals surface area contributed by atoms with Crippen LogP contribution in [-0.4, -0.2) is 10.2 Å². The largest absolute Gasteiger partial charge is 0.276 e. The van der Waals surface area contributed by atoms with Crippen LogP contribution in [0.2, 0.25) is 5.15 Å². The second kappa shape index (κ2) is 4.51. The minimum Gasteiger partial charge on any atom is -0.276 e. The Labute approximate surface area is 96.3 Å². The lowest BCUT2D eigenvalue weighted by molar-refractivity contribution is 0.107. The van der Waals surface area contributed by atoms with Crippen molar-refractivity contribution in [3.63, 3.8) is 0 Å². The summed E-state index contributed by atoms with van der Waals surface area (Å²) < 4.78 is 24.7. The Morgan fingerprint density at radius 3 is 2.57 bits per heavy atom. The molecule has 0 aliphatic rings. The van der Waals surface area contributed by atoms with Crippen LogP contribution in [0, 0.1) is 0 Å². The average molecular weight is 305 g/mol. The smallest absolute Gasteiger partial charge is 0.266 e. The number of alkyl halides is 2. The highest BCUT2D eigenvalue weighted by Crippen LogP contribution is 2.29. The normalized spacial score (nSPS) is 10.7. The second-order valence-electron chi connectivity index (χ2n) is 2.28. The first kappa shape index (κ1) is 11.8. The van der Waals surface area contributed by atoms with Gasteiger partial charge in [-0.25, -0.2) is 13.8 Å². The molecule has 0 bridgehead atoms. The minimum atomic E-state index is -2.79. The zero-order valence-corrected chi connectivity index (χ0v) is 9.50. The van der Waals surface area contributed by atoms with Gasteiger partial charge in [-0.1, -0.05) is 11.6 Å². The Morgan fingerprint density at radius 2 is 2.14 bits per heavy atom. The molecule has 14 heavy (non-hydrogen) atoms. The van der Waals surface area contributed by atoms with Gasteiger partial charge in [-0.3, -0.25) is 4.79 Å². The monoisotopic (exact) mass is 303 g/mol. The summed E-state index contributed by atoms with van der Waals surface area (Å²) in [5.74, 6) is 0. The minimum absolute atomic E-state index is 0.0481. The molecule has 0 N–H and O–H groups in total. The number of nitrogens with zero attached hydrogens (tertiary/aromatic N) is 1. The topological polar surface area (TPSA) is 30.0 Å². The van der Waals surface area contributed by atoms with Crippen LogP contribution in [0.15, 0.2) is 10.7 Å². The summed E-state index contributed by atoms with van der Waals surface area (Å²) in [4.78, 5) is 14.3. The Hall–Kier alpha value is -0.260. The van der Waals surface area contributed by atoms with Crippen LogP contribution >= 0.6 is 39.1 Å². The van der Waals surface area contributed by atoms with Crippen molar-refractivity contribution in [3.8, 4) is 0 Å². The standard InChI is InChI=1S/C7H2BrCl2F2NO/c8-4-2(6(10)14)1-3(7(11)12)5(9)13-4/h1,7H. The lowest BCUT2D eigenvalue weighted by atomic mass is 10.2. The van der Waals surface area contributed by atoms with Gasteiger partial charge in [0.25, 0.3) is 11.7 Å². The molecular formula is C7H2BrCl2F2NO. The number of hydrogen-bond donors (Lipinski definition) is 0. The van der Waals surface area contributed by atoms with Crippen molar-refractivity contribution in [1.29, 1.82) is 0 Å². The van der Waals surface area contributed by atoms with Crippen LogP contribution in [0.25, 0.3) is 0 Å². The van der Waals surface area contributed by atoms with Gasteiger partial charge in [-0.15, -0.1) is 0 Å². The first-order valence-corrected chi connectivity index (χ1v) is 4.82. The second-order valence-corrected chi connectivity index (χ2v) is 3.73. The summed E-state index contributed by atoms with van der Waals surface area (Å²) in [6, 6.07) is 0.916. The van der Waals surface area contributed by atoms with Crippen LogP contribution < -0.4 is 0 Å². The summed E-state index contributed by atoms with van der Waals surface area (Å²) in [7, 11) is 0. The van der Waals surface area contributed by atoms with E-state index < -0.39 is 17.2 Å². The van der Waals surface area contributed by atoms with E-state index in [9.17, 15) is 13.6 Å². The highest BCUT2D eigenvalue weighted by atomic mass is 79.9. The SMILES string of the molecule is O=C(Cl)c1cc(C(F)F)c(Cl)nc1Br. The summed E-state index contributed by atoms with van der Waals surface area (Å²) in [6.45, 7) is 0. The van der Waals surface area contributed by atoms with E-state index in [-0.39, 0.29) is 15.3 Å². The van der Waals surface area contributed by atoms with Crippen LogP contribution in [-0.2, 0) is 0 Å². The molecule has 0 unspecified atom stereocenters. The van der Waals surface area contributed by atoms with Crippen LogP contribution in [0.4, 0.5) is 8.78 Å². The number of halogens is 5. The van der Waals surface area contributed by atoms with Gasteiger partial charge < -0.3 is 0 Å². The van der Waals surface area contributed by atoms with Gasteiger partial charge in [0.05, 0.1) is 11.1 Å². The zero-order chi connectivity index (χ0) is 10.9. The third kappa shape index (κ3) is 2.40. The van der Waals surface area contributed by atoms with E-state index in [0.29, 0.717) is 0 Å². The molecule has 1 aromatic heterocycles. The quantitative estimate of drug-likeness (QED) is 0.614. The fraction of sp³-hybridized carbons (Fsp3) is 0.143. The third-order valence-electron chi connectivity index (χ3n) is 1.40. The van der Waals surface area contributed by atoms with E-state index in [4.69, 9.17) is 23.2 Å². The van der Waals surface area contributed by atoms with Crippen molar-refractivity contribution in [2.75, 3.05) is 0 Å². The van der Waals surface area contributed by atoms with Gasteiger partial charge >= 0.3 is 0 Å². The number of carbonyl (C=O) groups excluding carboxylic acids is 1. The number of hydrogen-bond acceptors (Lipinski definition) is 2. The fourth-order valence-corrected chi connectivity index (χ4v) is 1.83. The lowest BCUT2D eigenvalue weighted by Gasteiger charge is -2.05. The number of carbonyl (C=O) groups is 1. The molecule has 0 aliphatic heterocycles. The summed E-state index contributed by atoms with van der Waals surface area (Å²) in [6.07, 6.45) is -2.79. The van der Waals surface area contributed by atoms with E-state index in [0.717, 1.165) is 6.07 Å². The molecule has 0 aromatic carbocycles. The summed E-state index contributed by atoms with van der Waals surface area (Å²) >= 11 is 13.5. The first-order chi connectivity index (χ1) is 6.43. The molecule has 0 aliphatic carbocycles. The van der Waals surface area contributed by atoms with E-state index >= 15 is 0 Å². The van der Waals surface area contributed by atoms with Crippen LogP contribution in [0.1, 0.15) is 22.3 Å². The Balaban J connectivity index is 3.34. The number of rotatable bonds is 2. The Kier molecular flexibility index (Phi) is 3.80. The maximum atomic E-state index is 12.3. The van der Waals surface area contributed by atoms with E-state index in [1.165, 1.54) is 0 Å². The van der Waals surface area contributed by atoms with Gasteiger partial charge in [0.15, 0.2) is 0 Å². The molecule has 2 nitrogen and oxygen atoms in total. The van der Waals surface area contributed by atoms with E-state index in [1.54, 1.807) is 0 Å². The highest BCUT2D eigenvalue weighted by Gasteiger charge is 2.18. The van der Waals surface area contributed by atoms with Crippen LogP contribution in [0.3, 0.4) is 0 Å². The van der Waals surface area contributed by atoms with Crippen molar-refractivity contribution in [3.05, 3.63) is 26.9 Å². The predicted molar refractivity (Wildman–Crippen MR) is 52.1 cm³/mol.